The molecule has 0 spiro atoms. The summed E-state index contributed by atoms with van der Waals surface area (Å²) in [6, 6.07) is 8.74. The molecule has 6 bridgehead atoms. The Kier molecular flexibility index (Phi) is 12.0. The van der Waals surface area contributed by atoms with Gasteiger partial charge in [-0.3, -0.25) is 24.4 Å². The Morgan fingerprint density at radius 3 is 2.72 bits per heavy atom. The van der Waals surface area contributed by atoms with Gasteiger partial charge in [-0.2, -0.15) is 0 Å². The number of rotatable bonds is 6. The summed E-state index contributed by atoms with van der Waals surface area (Å²) in [5.41, 5.74) is 9.41. The van der Waals surface area contributed by atoms with Crippen molar-refractivity contribution in [2.75, 3.05) is 40.5 Å². The fraction of sp³-hybridized carbons (Fsp3) is 0.524. The van der Waals surface area contributed by atoms with E-state index in [-0.39, 0.29) is 37.5 Å². The lowest BCUT2D eigenvalue weighted by molar-refractivity contribution is -0.155. The van der Waals surface area contributed by atoms with Crippen molar-refractivity contribution in [3.05, 3.63) is 58.2 Å². The lowest BCUT2D eigenvalue weighted by Crippen LogP contribution is -2.61. The summed E-state index contributed by atoms with van der Waals surface area (Å²) >= 11 is 1.43. The van der Waals surface area contributed by atoms with Crippen LogP contribution in [0, 0.1) is 11.3 Å². The topological polar surface area (TPSA) is 157 Å². The van der Waals surface area contributed by atoms with Crippen molar-refractivity contribution in [2.24, 2.45) is 11.3 Å². The second-order valence-electron chi connectivity index (χ2n) is 16.0. The van der Waals surface area contributed by atoms with Gasteiger partial charge in [-0.05, 0) is 75.8 Å². The van der Waals surface area contributed by atoms with E-state index in [0.717, 1.165) is 44.7 Å². The maximum atomic E-state index is 14.3. The van der Waals surface area contributed by atoms with Gasteiger partial charge in [-0.15, -0.1) is 11.3 Å². The molecule has 7 rings (SSSR count). The Hall–Kier alpha value is -4.86. The number of amides is 3. The van der Waals surface area contributed by atoms with Crippen molar-refractivity contribution in [3.63, 3.8) is 0 Å². The fourth-order valence-electron chi connectivity index (χ4n) is 8.34. The highest BCUT2D eigenvalue weighted by molar-refractivity contribution is 7.10. The lowest BCUT2D eigenvalue weighted by Gasteiger charge is -2.36. The summed E-state index contributed by atoms with van der Waals surface area (Å²) in [5.74, 6) is -1.62. The summed E-state index contributed by atoms with van der Waals surface area (Å²) < 4.78 is 19.1. The Morgan fingerprint density at radius 1 is 1.14 bits per heavy atom. The van der Waals surface area contributed by atoms with Crippen LogP contribution >= 0.6 is 11.3 Å². The molecule has 0 aliphatic carbocycles. The number of fused-ring (bicyclic) bond motifs is 6. The summed E-state index contributed by atoms with van der Waals surface area (Å²) in [4.78, 5) is 65.4. The van der Waals surface area contributed by atoms with Gasteiger partial charge in [0, 0.05) is 78.7 Å². The average Bonchev–Trinajstić information content (AvgIpc) is 3.82. The maximum Gasteiger partial charge on any atom is 0.409 e. The van der Waals surface area contributed by atoms with Crippen molar-refractivity contribution in [1.82, 2.24) is 35.2 Å². The molecule has 4 aromatic rings. The Bertz CT molecular complexity index is 2150. The molecule has 2 N–H and O–H groups in total. The van der Waals surface area contributed by atoms with Crippen molar-refractivity contribution in [2.45, 2.75) is 91.0 Å². The highest BCUT2D eigenvalue weighted by atomic mass is 32.1. The van der Waals surface area contributed by atoms with Crippen LogP contribution in [-0.2, 0) is 48.0 Å². The summed E-state index contributed by atoms with van der Waals surface area (Å²) in [6.07, 6.45) is 4.11. The zero-order chi connectivity index (χ0) is 40.4. The van der Waals surface area contributed by atoms with E-state index in [1.807, 2.05) is 18.4 Å². The summed E-state index contributed by atoms with van der Waals surface area (Å²) in [5, 5.41) is 8.19. The normalized spacial score (nSPS) is 22.1. The maximum absolute atomic E-state index is 14.3. The minimum Gasteiger partial charge on any atom is -0.464 e. The quantitative estimate of drug-likeness (QED) is 0.233. The predicted octanol–water partition coefficient (Wildman–Crippen LogP) is 5.68. The molecule has 3 aliphatic heterocycles. The molecule has 1 aromatic carbocycles. The van der Waals surface area contributed by atoms with Gasteiger partial charge in [-0.25, -0.2) is 15.2 Å². The number of carbonyl (C=O) groups is 4. The van der Waals surface area contributed by atoms with Gasteiger partial charge < -0.3 is 29.0 Å². The first-order chi connectivity index (χ1) is 27.4. The van der Waals surface area contributed by atoms with Gasteiger partial charge in [0.1, 0.15) is 12.1 Å². The van der Waals surface area contributed by atoms with Crippen molar-refractivity contribution in [1.29, 1.82) is 0 Å². The van der Waals surface area contributed by atoms with E-state index in [4.69, 9.17) is 24.2 Å². The molecule has 0 radical (unpaired) electrons. The number of aromatic nitrogens is 3. The zero-order valence-electron chi connectivity index (χ0n) is 33.6. The molecule has 6 heterocycles. The number of carbonyl (C=O) groups excluding carboxylic acids is 4. The Morgan fingerprint density at radius 2 is 1.95 bits per heavy atom. The molecule has 2 saturated heterocycles. The summed E-state index contributed by atoms with van der Waals surface area (Å²) in [7, 11) is 3.01. The SMILES string of the molecule is CCn1c(-c2cccnc2[C@H](C)OC)c2c3cc(ccc31)-c1csc(n1)C[C@H](NC(=O)[C@H]1CCCN(C(=O)OC)C1)C(=O)N1CCC[C@H](N1)C(=O)OCC(C)(C)C2. The number of aryl methyl sites for hydroxylation is 1. The van der Waals surface area contributed by atoms with E-state index in [2.05, 4.69) is 60.3 Å². The number of esters is 1. The van der Waals surface area contributed by atoms with E-state index in [9.17, 15) is 19.2 Å². The summed E-state index contributed by atoms with van der Waals surface area (Å²) in [6.45, 7) is 10.3. The first-order valence-corrected chi connectivity index (χ1v) is 20.7. The number of benzene rings is 1. The molecule has 0 unspecified atom stereocenters. The molecule has 304 valence electrons. The van der Waals surface area contributed by atoms with Crippen molar-refractivity contribution in [3.8, 4) is 22.5 Å². The van der Waals surface area contributed by atoms with Gasteiger partial charge in [0.25, 0.3) is 5.91 Å². The van der Waals surface area contributed by atoms with Crippen LogP contribution in [0.4, 0.5) is 4.79 Å². The molecule has 3 amide bonds. The van der Waals surface area contributed by atoms with Gasteiger partial charge in [-0.1, -0.05) is 19.9 Å². The van der Waals surface area contributed by atoms with E-state index in [1.165, 1.54) is 28.4 Å². The number of nitrogens with one attached hydrogen (secondary N) is 2. The number of nitrogens with zero attached hydrogens (tertiary/aromatic N) is 5. The molecule has 15 heteroatoms. The Balaban J connectivity index is 1.30. The molecular formula is C42H53N7O7S. The number of hydrogen-bond donors (Lipinski definition) is 2. The van der Waals surface area contributed by atoms with Gasteiger partial charge in [0.2, 0.25) is 5.91 Å². The van der Waals surface area contributed by atoms with Gasteiger partial charge in [0.05, 0.1) is 47.8 Å². The number of hydrazine groups is 1. The van der Waals surface area contributed by atoms with Crippen LogP contribution in [0.15, 0.2) is 41.9 Å². The van der Waals surface area contributed by atoms with Crippen LogP contribution in [0.2, 0.25) is 0 Å². The largest absolute Gasteiger partial charge is 0.464 e. The van der Waals surface area contributed by atoms with E-state index in [0.29, 0.717) is 56.7 Å². The standard InChI is InChI=1S/C42H53N7O7S/c1-7-48-34-15-14-26-19-29(34)30(37(48)28-12-8-16-43-36(28)25(2)54-5)21-42(3,4)24-56-40(52)31-13-10-18-49(46-31)39(51)32(20-35-44-33(26)23-57-35)45-38(50)27-11-9-17-47(22-27)41(53)55-6/h8,12,14-16,19,23,25,27,31-32,46H,7,9-11,13,17-18,20-22,24H2,1-6H3,(H,45,50)/t25-,27-,31-,32-/m0/s1. The number of thiazole rings is 1. The molecule has 57 heavy (non-hydrogen) atoms. The number of ether oxygens (including phenoxy) is 3. The van der Waals surface area contributed by atoms with Crippen molar-refractivity contribution >= 4 is 46.1 Å². The minimum absolute atomic E-state index is 0.148. The number of hydrogen-bond acceptors (Lipinski definition) is 11. The highest BCUT2D eigenvalue weighted by Crippen LogP contribution is 2.42. The number of piperidine rings is 1. The van der Waals surface area contributed by atoms with Crippen LogP contribution in [-0.4, -0.2) is 101 Å². The third-order valence-electron chi connectivity index (χ3n) is 11.4. The van der Waals surface area contributed by atoms with Crippen molar-refractivity contribution < 1.29 is 33.4 Å². The lowest BCUT2D eigenvalue weighted by atomic mass is 9.84. The van der Waals surface area contributed by atoms with Crippen LogP contribution in [0.25, 0.3) is 33.4 Å². The van der Waals surface area contributed by atoms with E-state index >= 15 is 0 Å². The minimum atomic E-state index is -0.969. The molecule has 14 nitrogen and oxygen atoms in total. The number of pyridine rings is 1. The van der Waals surface area contributed by atoms with Gasteiger partial charge >= 0.3 is 12.1 Å². The van der Waals surface area contributed by atoms with Crippen LogP contribution in [0.1, 0.15) is 75.7 Å². The van der Waals surface area contributed by atoms with Crippen LogP contribution < -0.4 is 10.7 Å². The zero-order valence-corrected chi connectivity index (χ0v) is 34.4. The number of cyclic esters (lactones) is 1. The third-order valence-corrected chi connectivity index (χ3v) is 12.3. The highest BCUT2D eigenvalue weighted by Gasteiger charge is 2.37. The van der Waals surface area contributed by atoms with Gasteiger partial charge in [0.15, 0.2) is 0 Å². The smallest absolute Gasteiger partial charge is 0.409 e. The molecule has 3 aromatic heterocycles. The van der Waals surface area contributed by atoms with E-state index in [1.54, 1.807) is 13.3 Å². The van der Waals surface area contributed by atoms with Crippen LogP contribution in [0.5, 0.6) is 0 Å². The predicted molar refractivity (Wildman–Crippen MR) is 216 cm³/mol. The second-order valence-corrected chi connectivity index (χ2v) is 17.0. The monoisotopic (exact) mass is 799 g/mol. The average molecular weight is 800 g/mol. The molecule has 2 fully saturated rings. The second kappa shape index (κ2) is 16.9. The first kappa shape index (κ1) is 40.3. The van der Waals surface area contributed by atoms with E-state index < -0.39 is 35.5 Å². The van der Waals surface area contributed by atoms with Crippen LogP contribution in [0.3, 0.4) is 0 Å². The number of methoxy groups -OCH3 is 2. The molecule has 4 atom stereocenters. The molecular weight excluding hydrogens is 747 g/mol. The molecule has 3 aliphatic rings. The Labute approximate surface area is 337 Å². The fourth-order valence-corrected chi connectivity index (χ4v) is 9.19. The molecule has 0 saturated carbocycles. The third kappa shape index (κ3) is 8.42. The first-order valence-electron chi connectivity index (χ1n) is 19.9. The number of likely N-dealkylation sites (tertiary alicyclic amines) is 1.